The molecule has 4 heterocycles. The number of aromatic nitrogens is 3. The lowest BCUT2D eigenvalue weighted by atomic mass is 9.97. The summed E-state index contributed by atoms with van der Waals surface area (Å²) < 4.78 is 52.6. The number of carbonyl (C=O) groups excluding carboxylic acids is 1. The number of amides is 1. The number of nitrogens with zero attached hydrogens (tertiary/aromatic N) is 5. The molecule has 0 saturated carbocycles. The largest absolute Gasteiger partial charge is 0.391 e. The van der Waals surface area contributed by atoms with Crippen molar-refractivity contribution in [2.75, 3.05) is 18.4 Å². The molecule has 1 saturated heterocycles. The highest BCUT2D eigenvalue weighted by molar-refractivity contribution is 9.09. The Bertz CT molecular complexity index is 990. The number of oxime groups is 1. The maximum Gasteiger partial charge on any atom is 0.282 e. The molecular weight excluding hydrogens is 518 g/mol. The van der Waals surface area contributed by atoms with Crippen molar-refractivity contribution in [1.82, 2.24) is 19.7 Å². The molecule has 1 unspecified atom stereocenters. The van der Waals surface area contributed by atoms with Gasteiger partial charge in [0.1, 0.15) is 29.7 Å². The molecule has 0 bridgehead atoms. The summed E-state index contributed by atoms with van der Waals surface area (Å²) in [4.78, 5) is 24.2. The minimum Gasteiger partial charge on any atom is -0.391 e. The highest BCUT2D eigenvalue weighted by Crippen LogP contribution is 2.32. The minimum absolute atomic E-state index is 0.0153. The van der Waals surface area contributed by atoms with E-state index in [1.165, 1.54) is 0 Å². The molecule has 32 heavy (non-hydrogen) atoms. The molecule has 2 aliphatic heterocycles. The number of halogens is 5. The zero-order chi connectivity index (χ0) is 22.8. The summed E-state index contributed by atoms with van der Waals surface area (Å²) in [6.07, 6.45) is -3.91. The first-order valence-electron chi connectivity index (χ1n) is 10.0. The van der Waals surface area contributed by atoms with Gasteiger partial charge in [-0.25, -0.2) is 22.5 Å². The van der Waals surface area contributed by atoms with Gasteiger partial charge in [-0.05, 0) is 18.9 Å². The van der Waals surface area contributed by atoms with Crippen LogP contribution in [0.25, 0.3) is 0 Å². The van der Waals surface area contributed by atoms with Gasteiger partial charge in [-0.15, -0.1) is 11.3 Å². The number of alkyl halides is 5. The lowest BCUT2D eigenvalue weighted by molar-refractivity contribution is -0.133. The second kappa shape index (κ2) is 9.86. The average molecular weight is 538 g/mol. The molecule has 13 heteroatoms. The normalized spacial score (nSPS) is 19.7. The lowest BCUT2D eigenvalue weighted by Gasteiger charge is -2.31. The quantitative estimate of drug-likeness (QED) is 0.384. The van der Waals surface area contributed by atoms with Gasteiger partial charge in [0.2, 0.25) is 5.91 Å². The third-order valence-corrected chi connectivity index (χ3v) is 7.21. The number of piperidine rings is 1. The second-order valence-corrected chi connectivity index (χ2v) is 9.14. The number of thiazole rings is 1. The fraction of sp³-hybridized carbons (Fsp3) is 0.579. The van der Waals surface area contributed by atoms with E-state index in [0.29, 0.717) is 48.4 Å². The van der Waals surface area contributed by atoms with Crippen LogP contribution in [-0.2, 0) is 16.2 Å². The van der Waals surface area contributed by atoms with E-state index in [9.17, 15) is 22.4 Å². The molecule has 2 aromatic rings. The van der Waals surface area contributed by atoms with Crippen molar-refractivity contribution in [3.05, 3.63) is 33.5 Å². The molecule has 7 nitrogen and oxygen atoms in total. The van der Waals surface area contributed by atoms with Crippen LogP contribution in [0.4, 0.5) is 17.6 Å². The van der Waals surface area contributed by atoms with Crippen LogP contribution in [0.1, 0.15) is 60.1 Å². The van der Waals surface area contributed by atoms with Crippen LogP contribution < -0.4 is 0 Å². The van der Waals surface area contributed by atoms with Crippen molar-refractivity contribution in [3.63, 3.8) is 0 Å². The maximum atomic E-state index is 13.1. The van der Waals surface area contributed by atoms with E-state index in [1.54, 1.807) is 16.2 Å². The fourth-order valence-electron chi connectivity index (χ4n) is 3.73. The molecule has 0 spiro atoms. The predicted molar refractivity (Wildman–Crippen MR) is 113 cm³/mol. The Kier molecular flexibility index (Phi) is 7.13. The summed E-state index contributed by atoms with van der Waals surface area (Å²) in [6, 6.07) is 0.647. The van der Waals surface area contributed by atoms with Crippen molar-refractivity contribution in [2.24, 2.45) is 5.16 Å². The summed E-state index contributed by atoms with van der Waals surface area (Å²) in [5, 5.41) is 11.2. The van der Waals surface area contributed by atoms with Crippen molar-refractivity contribution in [3.8, 4) is 0 Å². The zero-order valence-electron chi connectivity index (χ0n) is 16.8. The molecule has 4 rings (SSSR count). The van der Waals surface area contributed by atoms with E-state index in [4.69, 9.17) is 9.82 Å². The Morgan fingerprint density at radius 1 is 1.25 bits per heavy atom. The van der Waals surface area contributed by atoms with Crippen LogP contribution in [0.3, 0.4) is 0 Å². The smallest absolute Gasteiger partial charge is 0.282 e. The van der Waals surface area contributed by atoms with E-state index >= 15 is 0 Å². The van der Waals surface area contributed by atoms with E-state index in [0.717, 1.165) is 16.4 Å². The van der Waals surface area contributed by atoms with Crippen molar-refractivity contribution in [2.45, 2.75) is 50.7 Å². The van der Waals surface area contributed by atoms with Crippen LogP contribution in [0.2, 0.25) is 0 Å². The SMILES string of the molecule is O=C(Cn1nc(C(F)F)cc1C(F)F)N1CCC(c2nc(C3=NOC(CBr)C3)cs2)CC1. The van der Waals surface area contributed by atoms with Crippen LogP contribution in [0.5, 0.6) is 0 Å². The van der Waals surface area contributed by atoms with E-state index in [-0.39, 0.29) is 12.0 Å². The van der Waals surface area contributed by atoms with Gasteiger partial charge in [0.25, 0.3) is 12.9 Å². The van der Waals surface area contributed by atoms with Crippen molar-refractivity contribution in [1.29, 1.82) is 0 Å². The van der Waals surface area contributed by atoms with Gasteiger partial charge >= 0.3 is 0 Å². The van der Waals surface area contributed by atoms with Gasteiger partial charge in [-0.2, -0.15) is 5.10 Å². The molecule has 0 aliphatic carbocycles. The molecule has 0 radical (unpaired) electrons. The van der Waals surface area contributed by atoms with E-state index in [1.807, 2.05) is 5.38 Å². The van der Waals surface area contributed by atoms with Gasteiger partial charge in [0.15, 0.2) is 0 Å². The van der Waals surface area contributed by atoms with Crippen LogP contribution in [0, 0.1) is 0 Å². The van der Waals surface area contributed by atoms with Gasteiger partial charge in [-0.3, -0.25) is 9.48 Å². The standard InChI is InChI=1S/C19H20BrF4N5O2S/c20-7-11-5-12(27-31-11)14-9-32-19(25-14)10-1-3-28(4-2-10)16(30)8-29-15(18(23)24)6-13(26-29)17(21)22/h6,9-11,17-18H,1-5,7-8H2. The maximum absolute atomic E-state index is 13.1. The van der Waals surface area contributed by atoms with Gasteiger partial charge in [0, 0.05) is 36.1 Å². The summed E-state index contributed by atoms with van der Waals surface area (Å²) in [6.45, 7) is 0.370. The third-order valence-electron chi connectivity index (χ3n) is 5.48. The van der Waals surface area contributed by atoms with Gasteiger partial charge in [-0.1, -0.05) is 21.1 Å². The summed E-state index contributed by atoms with van der Waals surface area (Å²) in [7, 11) is 0. The Morgan fingerprint density at radius 2 is 2.00 bits per heavy atom. The molecule has 2 aromatic heterocycles. The van der Waals surface area contributed by atoms with Crippen LogP contribution in [0.15, 0.2) is 16.6 Å². The van der Waals surface area contributed by atoms with Gasteiger partial charge < -0.3 is 9.74 Å². The first kappa shape index (κ1) is 23.1. The molecule has 0 N–H and O–H groups in total. The highest BCUT2D eigenvalue weighted by Gasteiger charge is 2.29. The predicted octanol–water partition coefficient (Wildman–Crippen LogP) is 4.51. The number of hydrogen-bond acceptors (Lipinski definition) is 6. The molecule has 1 fully saturated rings. The second-order valence-electron chi connectivity index (χ2n) is 7.60. The number of carbonyl (C=O) groups is 1. The van der Waals surface area contributed by atoms with E-state index in [2.05, 4.69) is 26.2 Å². The molecule has 174 valence electrons. The molecule has 1 amide bonds. The van der Waals surface area contributed by atoms with Gasteiger partial charge in [0.05, 0.1) is 10.7 Å². The van der Waals surface area contributed by atoms with Crippen molar-refractivity contribution >= 4 is 38.9 Å². The minimum atomic E-state index is -2.99. The zero-order valence-corrected chi connectivity index (χ0v) is 19.2. The summed E-state index contributed by atoms with van der Waals surface area (Å²) >= 11 is 4.92. The summed E-state index contributed by atoms with van der Waals surface area (Å²) in [5.74, 6) is -0.244. The molecule has 2 aliphatic rings. The average Bonchev–Trinajstić information content (AvgIpc) is 3.52. The molecular formula is C19H20BrF4N5O2S. The number of rotatable bonds is 7. The first-order valence-corrected chi connectivity index (χ1v) is 12.0. The number of likely N-dealkylation sites (tertiary alicyclic amines) is 1. The Morgan fingerprint density at radius 3 is 2.62 bits per heavy atom. The third kappa shape index (κ3) is 4.98. The Balaban J connectivity index is 1.34. The van der Waals surface area contributed by atoms with Crippen LogP contribution >= 0.6 is 27.3 Å². The molecule has 0 aromatic carbocycles. The Labute approximate surface area is 193 Å². The van der Waals surface area contributed by atoms with Crippen molar-refractivity contribution < 1.29 is 27.2 Å². The van der Waals surface area contributed by atoms with Crippen LogP contribution in [-0.4, -0.2) is 55.8 Å². The first-order chi connectivity index (χ1) is 15.4. The van der Waals surface area contributed by atoms with E-state index < -0.39 is 36.7 Å². The summed E-state index contributed by atoms with van der Waals surface area (Å²) in [5.41, 5.74) is 0.188. The fourth-order valence-corrected chi connectivity index (χ4v) is 5.08. The highest BCUT2D eigenvalue weighted by atomic mass is 79.9. The molecule has 1 atom stereocenters. The topological polar surface area (TPSA) is 72.6 Å². The monoisotopic (exact) mass is 537 g/mol. The Hall–Kier alpha value is -2.02. The number of hydrogen-bond donors (Lipinski definition) is 0. The lowest BCUT2D eigenvalue weighted by Crippen LogP contribution is -2.40.